The number of nitrogens with zero attached hydrogens (tertiary/aromatic N) is 1. The number of benzene rings is 1. The molecule has 16 heavy (non-hydrogen) atoms. The van der Waals surface area contributed by atoms with Crippen molar-refractivity contribution in [1.29, 1.82) is 5.26 Å². The molecule has 0 saturated heterocycles. The zero-order valence-electron chi connectivity index (χ0n) is 9.29. The van der Waals surface area contributed by atoms with E-state index in [1.165, 1.54) is 6.07 Å². The third kappa shape index (κ3) is 4.11. The van der Waals surface area contributed by atoms with Crippen LogP contribution in [0.1, 0.15) is 18.9 Å². The van der Waals surface area contributed by atoms with Crippen LogP contribution in [0, 0.1) is 17.1 Å². The van der Waals surface area contributed by atoms with E-state index in [1.807, 2.05) is 17.8 Å². The third-order valence-corrected chi connectivity index (χ3v) is 3.07. The summed E-state index contributed by atoms with van der Waals surface area (Å²) < 4.78 is 13.4. The van der Waals surface area contributed by atoms with Gasteiger partial charge in [0.1, 0.15) is 5.82 Å². The second kappa shape index (κ2) is 7.13. The zero-order valence-corrected chi connectivity index (χ0v) is 10.1. The molecule has 2 nitrogen and oxygen atoms in total. The first kappa shape index (κ1) is 12.9. The SMILES string of the molecule is CCSCCCNc1ccc(C#N)cc1F. The van der Waals surface area contributed by atoms with Crippen molar-refractivity contribution in [2.75, 3.05) is 23.4 Å². The largest absolute Gasteiger partial charge is 0.383 e. The Morgan fingerprint density at radius 2 is 2.31 bits per heavy atom. The van der Waals surface area contributed by atoms with Gasteiger partial charge in [-0.1, -0.05) is 6.92 Å². The van der Waals surface area contributed by atoms with Gasteiger partial charge in [-0.15, -0.1) is 0 Å². The van der Waals surface area contributed by atoms with Crippen LogP contribution in [0.5, 0.6) is 0 Å². The van der Waals surface area contributed by atoms with Gasteiger partial charge in [-0.3, -0.25) is 0 Å². The van der Waals surface area contributed by atoms with Crippen molar-refractivity contribution in [2.45, 2.75) is 13.3 Å². The number of nitriles is 1. The lowest BCUT2D eigenvalue weighted by atomic mass is 10.2. The minimum atomic E-state index is -0.359. The summed E-state index contributed by atoms with van der Waals surface area (Å²) in [6, 6.07) is 6.39. The summed E-state index contributed by atoms with van der Waals surface area (Å²) >= 11 is 1.88. The zero-order chi connectivity index (χ0) is 11.8. The molecule has 0 aliphatic rings. The van der Waals surface area contributed by atoms with Gasteiger partial charge in [0.25, 0.3) is 0 Å². The van der Waals surface area contributed by atoms with Gasteiger partial charge in [-0.05, 0) is 36.1 Å². The van der Waals surface area contributed by atoms with E-state index in [4.69, 9.17) is 5.26 Å². The maximum atomic E-state index is 13.4. The first-order valence-electron chi connectivity index (χ1n) is 5.29. The smallest absolute Gasteiger partial charge is 0.147 e. The van der Waals surface area contributed by atoms with Crippen LogP contribution in [0.4, 0.5) is 10.1 Å². The predicted molar refractivity (Wildman–Crippen MR) is 67.2 cm³/mol. The summed E-state index contributed by atoms with van der Waals surface area (Å²) in [5.41, 5.74) is 0.824. The summed E-state index contributed by atoms with van der Waals surface area (Å²) in [5, 5.41) is 11.6. The highest BCUT2D eigenvalue weighted by Gasteiger charge is 2.02. The van der Waals surface area contributed by atoms with Crippen molar-refractivity contribution in [3.8, 4) is 6.07 Å². The Morgan fingerprint density at radius 1 is 1.50 bits per heavy atom. The molecule has 0 amide bonds. The van der Waals surface area contributed by atoms with Crippen LogP contribution in [-0.4, -0.2) is 18.1 Å². The van der Waals surface area contributed by atoms with Crippen LogP contribution < -0.4 is 5.32 Å². The van der Waals surface area contributed by atoms with E-state index in [9.17, 15) is 4.39 Å². The lowest BCUT2D eigenvalue weighted by molar-refractivity contribution is 0.629. The van der Waals surface area contributed by atoms with E-state index < -0.39 is 0 Å². The van der Waals surface area contributed by atoms with Crippen LogP contribution in [0.3, 0.4) is 0 Å². The first-order valence-corrected chi connectivity index (χ1v) is 6.44. The van der Waals surface area contributed by atoms with Gasteiger partial charge >= 0.3 is 0 Å². The van der Waals surface area contributed by atoms with Gasteiger partial charge < -0.3 is 5.32 Å². The van der Waals surface area contributed by atoms with Gasteiger partial charge in [0, 0.05) is 6.54 Å². The minimum Gasteiger partial charge on any atom is -0.383 e. The Kier molecular flexibility index (Phi) is 5.73. The number of halogens is 1. The second-order valence-corrected chi connectivity index (χ2v) is 4.68. The number of rotatable bonds is 6. The molecule has 0 saturated carbocycles. The summed E-state index contributed by atoms with van der Waals surface area (Å²) in [6.45, 7) is 2.88. The van der Waals surface area contributed by atoms with Crippen molar-refractivity contribution in [3.05, 3.63) is 29.6 Å². The van der Waals surface area contributed by atoms with Crippen LogP contribution in [0.2, 0.25) is 0 Å². The average molecular weight is 238 g/mol. The molecule has 1 rings (SSSR count). The van der Waals surface area contributed by atoms with E-state index in [0.29, 0.717) is 11.3 Å². The number of thioether (sulfide) groups is 1. The van der Waals surface area contributed by atoms with Crippen molar-refractivity contribution in [2.24, 2.45) is 0 Å². The fourth-order valence-electron chi connectivity index (χ4n) is 1.27. The van der Waals surface area contributed by atoms with E-state index in [-0.39, 0.29) is 5.82 Å². The Morgan fingerprint density at radius 3 is 2.94 bits per heavy atom. The minimum absolute atomic E-state index is 0.351. The Balaban J connectivity index is 2.40. The molecule has 1 aromatic carbocycles. The number of nitrogens with one attached hydrogen (secondary N) is 1. The van der Waals surface area contributed by atoms with Gasteiger partial charge in [0.05, 0.1) is 17.3 Å². The lowest BCUT2D eigenvalue weighted by Gasteiger charge is -2.07. The first-order chi connectivity index (χ1) is 7.77. The molecule has 0 aliphatic carbocycles. The van der Waals surface area contributed by atoms with Crippen molar-refractivity contribution >= 4 is 17.4 Å². The molecule has 0 aliphatic heterocycles. The van der Waals surface area contributed by atoms with Gasteiger partial charge in [-0.25, -0.2) is 4.39 Å². The second-order valence-electron chi connectivity index (χ2n) is 3.28. The quantitative estimate of drug-likeness (QED) is 0.773. The normalized spacial score (nSPS) is 9.81. The monoisotopic (exact) mass is 238 g/mol. The summed E-state index contributed by atoms with van der Waals surface area (Å²) in [7, 11) is 0. The van der Waals surface area contributed by atoms with Crippen LogP contribution in [0.15, 0.2) is 18.2 Å². The van der Waals surface area contributed by atoms with Crippen LogP contribution in [-0.2, 0) is 0 Å². The Hall–Kier alpha value is -1.21. The molecule has 0 atom stereocenters. The number of hydrogen-bond acceptors (Lipinski definition) is 3. The molecular formula is C12H15FN2S. The molecule has 0 spiro atoms. The number of hydrogen-bond donors (Lipinski definition) is 1. The molecule has 4 heteroatoms. The molecule has 1 N–H and O–H groups in total. The summed E-state index contributed by atoms with van der Waals surface area (Å²) in [5.74, 6) is 1.84. The molecule has 0 bridgehead atoms. The molecule has 1 aromatic rings. The highest BCUT2D eigenvalue weighted by Crippen LogP contribution is 2.15. The van der Waals surface area contributed by atoms with E-state index in [2.05, 4.69) is 12.2 Å². The Bertz CT molecular complexity index is 374. The van der Waals surface area contributed by atoms with E-state index in [0.717, 1.165) is 24.5 Å². The van der Waals surface area contributed by atoms with Crippen LogP contribution >= 0.6 is 11.8 Å². The highest BCUT2D eigenvalue weighted by molar-refractivity contribution is 7.99. The molecule has 0 radical (unpaired) electrons. The fraction of sp³-hybridized carbons (Fsp3) is 0.417. The van der Waals surface area contributed by atoms with E-state index in [1.54, 1.807) is 12.1 Å². The van der Waals surface area contributed by atoms with Crippen molar-refractivity contribution in [3.63, 3.8) is 0 Å². The van der Waals surface area contributed by atoms with Gasteiger partial charge in [-0.2, -0.15) is 17.0 Å². The lowest BCUT2D eigenvalue weighted by Crippen LogP contribution is -2.04. The molecule has 0 unspecified atom stereocenters. The maximum absolute atomic E-state index is 13.4. The molecule has 0 aromatic heterocycles. The average Bonchev–Trinajstić information content (AvgIpc) is 2.30. The maximum Gasteiger partial charge on any atom is 0.147 e. The van der Waals surface area contributed by atoms with Crippen molar-refractivity contribution < 1.29 is 4.39 Å². The van der Waals surface area contributed by atoms with E-state index >= 15 is 0 Å². The summed E-state index contributed by atoms with van der Waals surface area (Å²) in [4.78, 5) is 0. The standard InChI is InChI=1S/C12H15FN2S/c1-2-16-7-3-6-15-12-5-4-10(9-14)8-11(12)13/h4-5,8,15H,2-3,6-7H2,1H3. The van der Waals surface area contributed by atoms with Crippen molar-refractivity contribution in [1.82, 2.24) is 0 Å². The Labute approximate surface area is 99.9 Å². The predicted octanol–water partition coefficient (Wildman–Crippen LogP) is 3.25. The molecule has 86 valence electrons. The fourth-order valence-corrected chi connectivity index (χ4v) is 1.91. The van der Waals surface area contributed by atoms with Gasteiger partial charge in [0.2, 0.25) is 0 Å². The molecular weight excluding hydrogens is 223 g/mol. The van der Waals surface area contributed by atoms with Crippen LogP contribution in [0.25, 0.3) is 0 Å². The van der Waals surface area contributed by atoms with Gasteiger partial charge in [0.15, 0.2) is 0 Å². The number of anilines is 1. The molecule has 0 fully saturated rings. The molecule has 0 heterocycles. The summed E-state index contributed by atoms with van der Waals surface area (Å²) in [6.07, 6.45) is 1.01. The third-order valence-electron chi connectivity index (χ3n) is 2.08. The highest BCUT2D eigenvalue weighted by atomic mass is 32.2. The topological polar surface area (TPSA) is 35.8 Å².